The van der Waals surface area contributed by atoms with Crippen LogP contribution < -0.4 is 10.5 Å². The standard InChI is InChI=1S/C20H25NO4/c1-14(2)20(23)25-12-6-4-3-5-11-24-16-8-9-17-15(13-16)7-10-18(21)19(17)22/h7-10,13,22H,1,3-6,11-12,21H2,2H3. The number of hydrogen-bond donors (Lipinski definition) is 2. The van der Waals surface area contributed by atoms with Crippen LogP contribution in [-0.4, -0.2) is 24.3 Å². The monoisotopic (exact) mass is 343 g/mol. The fourth-order valence-corrected chi connectivity index (χ4v) is 2.43. The van der Waals surface area contributed by atoms with Crippen molar-refractivity contribution >= 4 is 22.4 Å². The van der Waals surface area contributed by atoms with Gasteiger partial charge in [0.15, 0.2) is 0 Å². The van der Waals surface area contributed by atoms with Gasteiger partial charge < -0.3 is 20.3 Å². The molecule has 0 saturated heterocycles. The molecule has 2 aromatic carbocycles. The summed E-state index contributed by atoms with van der Waals surface area (Å²) in [5.41, 5.74) is 6.49. The second-order valence-electron chi connectivity index (χ2n) is 6.07. The number of fused-ring (bicyclic) bond motifs is 1. The number of nitrogens with two attached hydrogens (primary N) is 1. The quantitative estimate of drug-likeness (QED) is 0.235. The molecule has 0 bridgehead atoms. The number of carbonyl (C=O) groups is 1. The Kier molecular flexibility index (Phi) is 6.69. The fraction of sp³-hybridized carbons (Fsp3) is 0.350. The fourth-order valence-electron chi connectivity index (χ4n) is 2.43. The minimum absolute atomic E-state index is 0.108. The first-order valence-corrected chi connectivity index (χ1v) is 8.45. The normalized spacial score (nSPS) is 10.6. The Labute approximate surface area is 148 Å². The number of rotatable bonds is 9. The van der Waals surface area contributed by atoms with E-state index in [0.29, 0.717) is 24.5 Å². The zero-order chi connectivity index (χ0) is 18.2. The molecule has 0 aliphatic carbocycles. The van der Waals surface area contributed by atoms with Crippen molar-refractivity contribution in [3.8, 4) is 11.5 Å². The molecule has 0 aliphatic rings. The summed E-state index contributed by atoms with van der Waals surface area (Å²) in [6.45, 7) is 6.24. The van der Waals surface area contributed by atoms with Gasteiger partial charge in [-0.05, 0) is 62.3 Å². The molecule has 134 valence electrons. The molecule has 2 rings (SSSR count). The van der Waals surface area contributed by atoms with Crippen LogP contribution in [0.3, 0.4) is 0 Å². The van der Waals surface area contributed by atoms with Crippen LogP contribution >= 0.6 is 0 Å². The van der Waals surface area contributed by atoms with E-state index in [2.05, 4.69) is 6.58 Å². The maximum atomic E-state index is 11.2. The molecule has 25 heavy (non-hydrogen) atoms. The second-order valence-corrected chi connectivity index (χ2v) is 6.07. The van der Waals surface area contributed by atoms with E-state index in [9.17, 15) is 9.90 Å². The van der Waals surface area contributed by atoms with Crippen molar-refractivity contribution in [1.29, 1.82) is 0 Å². The summed E-state index contributed by atoms with van der Waals surface area (Å²) in [6.07, 6.45) is 3.77. The molecule has 0 heterocycles. The van der Waals surface area contributed by atoms with Crippen LogP contribution in [0.25, 0.3) is 10.8 Å². The smallest absolute Gasteiger partial charge is 0.333 e. The lowest BCUT2D eigenvalue weighted by Gasteiger charge is -2.09. The molecule has 0 amide bonds. The van der Waals surface area contributed by atoms with Crippen LogP contribution in [0.1, 0.15) is 32.6 Å². The maximum Gasteiger partial charge on any atom is 0.333 e. The summed E-state index contributed by atoms with van der Waals surface area (Å²) >= 11 is 0. The van der Waals surface area contributed by atoms with Crippen molar-refractivity contribution in [2.45, 2.75) is 32.6 Å². The molecular formula is C20H25NO4. The topological polar surface area (TPSA) is 81.8 Å². The maximum absolute atomic E-state index is 11.2. The average Bonchev–Trinajstić information content (AvgIpc) is 2.60. The van der Waals surface area contributed by atoms with E-state index in [1.54, 1.807) is 13.0 Å². The first-order chi connectivity index (χ1) is 12.0. The van der Waals surface area contributed by atoms with Gasteiger partial charge in [-0.1, -0.05) is 12.6 Å². The molecule has 3 N–H and O–H groups in total. The highest BCUT2D eigenvalue weighted by Gasteiger charge is 2.05. The first kappa shape index (κ1) is 18.6. The number of nitrogen functional groups attached to an aromatic ring is 1. The van der Waals surface area contributed by atoms with E-state index in [-0.39, 0.29) is 11.7 Å². The third-order valence-corrected chi connectivity index (χ3v) is 3.88. The number of hydrogen-bond acceptors (Lipinski definition) is 5. The summed E-state index contributed by atoms with van der Waals surface area (Å²) in [5, 5.41) is 11.5. The van der Waals surface area contributed by atoms with Gasteiger partial charge in [-0.25, -0.2) is 4.79 Å². The minimum Gasteiger partial charge on any atom is -0.505 e. The highest BCUT2D eigenvalue weighted by Crippen LogP contribution is 2.32. The molecule has 0 atom stereocenters. The SMILES string of the molecule is C=C(C)C(=O)OCCCCCCOc1ccc2c(O)c(N)ccc2c1. The van der Waals surface area contributed by atoms with Crippen LogP contribution in [0, 0.1) is 0 Å². The van der Waals surface area contributed by atoms with Crippen molar-refractivity contribution in [2.75, 3.05) is 18.9 Å². The number of carbonyl (C=O) groups excluding carboxylic acids is 1. The summed E-state index contributed by atoms with van der Waals surface area (Å²) in [7, 11) is 0. The van der Waals surface area contributed by atoms with E-state index < -0.39 is 0 Å². The zero-order valence-electron chi connectivity index (χ0n) is 14.6. The predicted molar refractivity (Wildman–Crippen MR) is 99.8 cm³/mol. The van der Waals surface area contributed by atoms with E-state index in [1.165, 1.54) is 0 Å². The molecule has 0 aromatic heterocycles. The van der Waals surface area contributed by atoms with Crippen LogP contribution in [0.5, 0.6) is 11.5 Å². The van der Waals surface area contributed by atoms with E-state index in [0.717, 1.165) is 42.2 Å². The highest BCUT2D eigenvalue weighted by molar-refractivity contribution is 5.93. The van der Waals surface area contributed by atoms with Crippen LogP contribution in [0.4, 0.5) is 5.69 Å². The van der Waals surface area contributed by atoms with Gasteiger partial charge in [-0.3, -0.25) is 0 Å². The third kappa shape index (κ3) is 5.41. The van der Waals surface area contributed by atoms with Crippen molar-refractivity contribution in [3.63, 3.8) is 0 Å². The molecule has 0 unspecified atom stereocenters. The van der Waals surface area contributed by atoms with Crippen molar-refractivity contribution in [3.05, 3.63) is 42.5 Å². The van der Waals surface area contributed by atoms with Crippen LogP contribution in [0.2, 0.25) is 0 Å². The lowest BCUT2D eigenvalue weighted by Crippen LogP contribution is -2.06. The summed E-state index contributed by atoms with van der Waals surface area (Å²) < 4.78 is 10.8. The molecule has 0 spiro atoms. The van der Waals surface area contributed by atoms with E-state index >= 15 is 0 Å². The lowest BCUT2D eigenvalue weighted by atomic mass is 10.1. The Balaban J connectivity index is 1.67. The number of phenolic OH excluding ortho intramolecular Hbond substituents is 1. The second kappa shape index (κ2) is 8.97. The molecule has 0 saturated carbocycles. The van der Waals surface area contributed by atoms with Gasteiger partial charge >= 0.3 is 5.97 Å². The van der Waals surface area contributed by atoms with E-state index in [1.807, 2.05) is 24.3 Å². The Morgan fingerprint density at radius 1 is 1.12 bits per heavy atom. The Bertz CT molecular complexity index is 755. The summed E-state index contributed by atoms with van der Waals surface area (Å²) in [4.78, 5) is 11.2. The largest absolute Gasteiger partial charge is 0.505 e. The van der Waals surface area contributed by atoms with Gasteiger partial charge in [0.05, 0.1) is 18.9 Å². The molecular weight excluding hydrogens is 318 g/mol. The molecule has 0 aliphatic heterocycles. The van der Waals surface area contributed by atoms with Gasteiger partial charge in [0, 0.05) is 11.0 Å². The number of anilines is 1. The number of unbranched alkanes of at least 4 members (excludes halogenated alkanes) is 3. The van der Waals surface area contributed by atoms with Gasteiger partial charge in [-0.15, -0.1) is 0 Å². The summed E-state index contributed by atoms with van der Waals surface area (Å²) in [6, 6.07) is 9.09. The Morgan fingerprint density at radius 3 is 2.56 bits per heavy atom. The number of aromatic hydroxyl groups is 1. The average molecular weight is 343 g/mol. The number of esters is 1. The third-order valence-electron chi connectivity index (χ3n) is 3.88. The summed E-state index contributed by atoms with van der Waals surface area (Å²) in [5.74, 6) is 0.552. The molecule has 2 aromatic rings. The van der Waals surface area contributed by atoms with Gasteiger partial charge in [0.1, 0.15) is 11.5 Å². The van der Waals surface area contributed by atoms with Crippen LogP contribution in [-0.2, 0) is 9.53 Å². The predicted octanol–water partition coefficient (Wildman–Crippen LogP) is 4.19. The van der Waals surface area contributed by atoms with E-state index in [4.69, 9.17) is 15.2 Å². The number of benzene rings is 2. The first-order valence-electron chi connectivity index (χ1n) is 8.45. The Morgan fingerprint density at radius 2 is 1.84 bits per heavy atom. The zero-order valence-corrected chi connectivity index (χ0v) is 14.6. The number of ether oxygens (including phenoxy) is 2. The van der Waals surface area contributed by atoms with Crippen molar-refractivity contribution < 1.29 is 19.4 Å². The van der Waals surface area contributed by atoms with Gasteiger partial charge in [0.25, 0.3) is 0 Å². The Hall–Kier alpha value is -2.69. The minimum atomic E-state index is -0.326. The van der Waals surface area contributed by atoms with Gasteiger partial charge in [0.2, 0.25) is 0 Å². The van der Waals surface area contributed by atoms with Crippen molar-refractivity contribution in [2.24, 2.45) is 0 Å². The molecule has 5 nitrogen and oxygen atoms in total. The number of phenols is 1. The van der Waals surface area contributed by atoms with Gasteiger partial charge in [-0.2, -0.15) is 0 Å². The molecule has 0 fully saturated rings. The molecule has 0 radical (unpaired) electrons. The molecule has 5 heteroatoms. The lowest BCUT2D eigenvalue weighted by molar-refractivity contribution is -0.139. The van der Waals surface area contributed by atoms with Crippen LogP contribution in [0.15, 0.2) is 42.5 Å². The highest BCUT2D eigenvalue weighted by atomic mass is 16.5. The van der Waals surface area contributed by atoms with Crippen molar-refractivity contribution in [1.82, 2.24) is 0 Å².